The van der Waals surface area contributed by atoms with Gasteiger partial charge in [-0.3, -0.25) is 4.79 Å². The molecule has 6 nitrogen and oxygen atoms in total. The van der Waals surface area contributed by atoms with E-state index in [-0.39, 0.29) is 24.5 Å². The molecule has 0 spiro atoms. The quantitative estimate of drug-likeness (QED) is 0.807. The van der Waals surface area contributed by atoms with Gasteiger partial charge in [-0.05, 0) is 40.0 Å². The lowest BCUT2D eigenvalue weighted by atomic mass is 9.97. The van der Waals surface area contributed by atoms with Crippen molar-refractivity contribution in [2.75, 3.05) is 6.61 Å². The molecule has 1 fully saturated rings. The van der Waals surface area contributed by atoms with Crippen molar-refractivity contribution in [1.29, 1.82) is 0 Å². The summed E-state index contributed by atoms with van der Waals surface area (Å²) in [6.45, 7) is 6.34. The van der Waals surface area contributed by atoms with Crippen LogP contribution in [0.3, 0.4) is 0 Å². The van der Waals surface area contributed by atoms with Crippen LogP contribution in [-0.2, 0) is 16.1 Å². The van der Waals surface area contributed by atoms with Crippen LogP contribution in [0.15, 0.2) is 22.8 Å². The number of fused-ring (bicyclic) bond motifs is 1. The average molecular weight is 332 g/mol. The van der Waals surface area contributed by atoms with Crippen molar-refractivity contribution in [2.45, 2.75) is 58.7 Å². The number of carbonyl (C=O) groups is 2. The molecule has 2 atom stereocenters. The van der Waals surface area contributed by atoms with Gasteiger partial charge in [-0.1, -0.05) is 0 Å². The Hall–Kier alpha value is -2.24. The first-order chi connectivity index (χ1) is 11.5. The number of furan rings is 1. The highest BCUT2D eigenvalue weighted by Crippen LogP contribution is 2.25. The molecule has 130 valence electrons. The number of likely N-dealkylation sites (tertiary alicyclic amines) is 1. The zero-order valence-corrected chi connectivity index (χ0v) is 14.4. The molecule has 3 heterocycles. The number of piperidine rings is 1. The molecule has 2 unspecified atom stereocenters. The van der Waals surface area contributed by atoms with Crippen LogP contribution in [0.25, 0.3) is 11.1 Å². The number of carbonyl (C=O) groups excluding carboxylic acids is 2. The Balaban J connectivity index is 1.90. The second kappa shape index (κ2) is 6.71. The molecule has 0 N–H and O–H groups in total. The summed E-state index contributed by atoms with van der Waals surface area (Å²) in [5, 5.41) is 0. The monoisotopic (exact) mass is 332 g/mol. The summed E-state index contributed by atoms with van der Waals surface area (Å²) in [4.78, 5) is 27.1. The van der Waals surface area contributed by atoms with Crippen molar-refractivity contribution >= 4 is 23.0 Å². The SMILES string of the molecule is CCOC(=O)c1cc2occc2n1CC(=O)N1C(C)CCCC1C. The number of rotatable bonds is 4. The van der Waals surface area contributed by atoms with E-state index >= 15 is 0 Å². The summed E-state index contributed by atoms with van der Waals surface area (Å²) >= 11 is 0. The third kappa shape index (κ3) is 2.92. The molecule has 24 heavy (non-hydrogen) atoms. The highest BCUT2D eigenvalue weighted by molar-refractivity contribution is 5.95. The van der Waals surface area contributed by atoms with Gasteiger partial charge >= 0.3 is 5.97 Å². The van der Waals surface area contributed by atoms with Crippen molar-refractivity contribution in [3.05, 3.63) is 24.1 Å². The number of amides is 1. The number of hydrogen-bond donors (Lipinski definition) is 0. The Morgan fingerprint density at radius 1 is 1.29 bits per heavy atom. The summed E-state index contributed by atoms with van der Waals surface area (Å²) in [6.07, 6.45) is 4.75. The van der Waals surface area contributed by atoms with E-state index < -0.39 is 5.97 Å². The number of hydrogen-bond acceptors (Lipinski definition) is 4. The van der Waals surface area contributed by atoms with E-state index in [4.69, 9.17) is 9.15 Å². The number of esters is 1. The van der Waals surface area contributed by atoms with Gasteiger partial charge in [-0.25, -0.2) is 4.79 Å². The second-order valence-corrected chi connectivity index (χ2v) is 6.44. The first-order valence-electron chi connectivity index (χ1n) is 8.58. The summed E-state index contributed by atoms with van der Waals surface area (Å²) in [7, 11) is 0. The van der Waals surface area contributed by atoms with Crippen LogP contribution in [0.1, 0.15) is 50.5 Å². The molecule has 1 amide bonds. The lowest BCUT2D eigenvalue weighted by Gasteiger charge is -2.39. The number of nitrogens with zero attached hydrogens (tertiary/aromatic N) is 2. The Kier molecular flexibility index (Phi) is 4.64. The minimum atomic E-state index is -0.434. The van der Waals surface area contributed by atoms with Crippen LogP contribution in [-0.4, -0.2) is 40.0 Å². The Morgan fingerprint density at radius 2 is 2.00 bits per heavy atom. The van der Waals surface area contributed by atoms with E-state index in [1.807, 2.05) is 4.90 Å². The van der Waals surface area contributed by atoms with E-state index in [9.17, 15) is 9.59 Å². The summed E-state index contributed by atoms with van der Waals surface area (Å²) < 4.78 is 12.2. The van der Waals surface area contributed by atoms with E-state index in [1.165, 1.54) is 0 Å². The Morgan fingerprint density at radius 3 is 2.67 bits per heavy atom. The minimum absolute atomic E-state index is 0.0268. The van der Waals surface area contributed by atoms with Crippen molar-refractivity contribution in [3.63, 3.8) is 0 Å². The van der Waals surface area contributed by atoms with Crippen molar-refractivity contribution in [3.8, 4) is 0 Å². The zero-order valence-electron chi connectivity index (χ0n) is 14.4. The van der Waals surface area contributed by atoms with Crippen LogP contribution in [0.5, 0.6) is 0 Å². The molecule has 2 aromatic rings. The van der Waals surface area contributed by atoms with E-state index in [0.29, 0.717) is 17.9 Å². The van der Waals surface area contributed by atoms with E-state index in [0.717, 1.165) is 24.8 Å². The van der Waals surface area contributed by atoms with Crippen LogP contribution in [0, 0.1) is 0 Å². The third-order valence-electron chi connectivity index (χ3n) is 4.78. The molecule has 0 bridgehead atoms. The van der Waals surface area contributed by atoms with Gasteiger partial charge < -0.3 is 18.6 Å². The molecular formula is C18H24N2O4. The normalized spacial score (nSPS) is 21.2. The minimum Gasteiger partial charge on any atom is -0.463 e. The topological polar surface area (TPSA) is 64.7 Å². The maximum atomic E-state index is 12.9. The molecule has 0 aliphatic carbocycles. The predicted molar refractivity (Wildman–Crippen MR) is 89.8 cm³/mol. The largest absolute Gasteiger partial charge is 0.463 e. The summed E-state index contributed by atoms with van der Waals surface area (Å²) in [6, 6.07) is 3.86. The molecule has 3 rings (SSSR count). The standard InChI is InChI=1S/C18H24N2O4/c1-4-23-18(22)15-10-16-14(8-9-24-16)19(15)11-17(21)20-12(2)6-5-7-13(20)3/h8-10,12-13H,4-7,11H2,1-3H3. The first kappa shape index (κ1) is 16.6. The van der Waals surface area contributed by atoms with Crippen LogP contribution >= 0.6 is 0 Å². The smallest absolute Gasteiger partial charge is 0.355 e. The molecule has 0 aromatic carbocycles. The Bertz CT molecular complexity index is 735. The van der Waals surface area contributed by atoms with Gasteiger partial charge in [0.15, 0.2) is 5.58 Å². The molecule has 0 radical (unpaired) electrons. The molecule has 2 aromatic heterocycles. The zero-order chi connectivity index (χ0) is 17.3. The summed E-state index contributed by atoms with van der Waals surface area (Å²) in [5.41, 5.74) is 1.69. The molecule has 1 saturated heterocycles. The predicted octanol–water partition coefficient (Wildman–Crippen LogP) is 3.20. The fraction of sp³-hybridized carbons (Fsp3) is 0.556. The van der Waals surface area contributed by atoms with E-state index in [2.05, 4.69) is 13.8 Å². The van der Waals surface area contributed by atoms with Gasteiger partial charge in [0.05, 0.1) is 18.4 Å². The van der Waals surface area contributed by atoms with Gasteiger partial charge in [0.25, 0.3) is 0 Å². The van der Waals surface area contributed by atoms with Crippen LogP contribution < -0.4 is 0 Å². The third-order valence-corrected chi connectivity index (χ3v) is 4.78. The highest BCUT2D eigenvalue weighted by Gasteiger charge is 2.30. The van der Waals surface area contributed by atoms with Gasteiger partial charge in [0.1, 0.15) is 12.2 Å². The van der Waals surface area contributed by atoms with Crippen LogP contribution in [0.4, 0.5) is 0 Å². The van der Waals surface area contributed by atoms with Gasteiger partial charge in [0, 0.05) is 24.2 Å². The van der Waals surface area contributed by atoms with E-state index in [1.54, 1.807) is 29.9 Å². The highest BCUT2D eigenvalue weighted by atomic mass is 16.5. The second-order valence-electron chi connectivity index (χ2n) is 6.44. The van der Waals surface area contributed by atoms with Gasteiger partial charge in [0.2, 0.25) is 5.91 Å². The molecule has 1 aliphatic rings. The molecule has 6 heteroatoms. The first-order valence-corrected chi connectivity index (χ1v) is 8.58. The molecular weight excluding hydrogens is 308 g/mol. The fourth-order valence-corrected chi connectivity index (χ4v) is 3.65. The van der Waals surface area contributed by atoms with Crippen molar-refractivity contribution < 1.29 is 18.7 Å². The number of ether oxygens (including phenoxy) is 1. The average Bonchev–Trinajstić information content (AvgIpc) is 3.10. The Labute approximate surface area is 141 Å². The molecule has 1 aliphatic heterocycles. The van der Waals surface area contributed by atoms with Gasteiger partial charge in [-0.15, -0.1) is 0 Å². The maximum absolute atomic E-state index is 12.9. The lowest BCUT2D eigenvalue weighted by molar-refractivity contribution is -0.137. The van der Waals surface area contributed by atoms with Crippen LogP contribution in [0.2, 0.25) is 0 Å². The number of aromatic nitrogens is 1. The fourth-order valence-electron chi connectivity index (χ4n) is 3.65. The maximum Gasteiger partial charge on any atom is 0.355 e. The van der Waals surface area contributed by atoms with Crippen molar-refractivity contribution in [1.82, 2.24) is 9.47 Å². The summed E-state index contributed by atoms with van der Waals surface area (Å²) in [5.74, 6) is -0.407. The van der Waals surface area contributed by atoms with Crippen molar-refractivity contribution in [2.24, 2.45) is 0 Å². The lowest BCUT2D eigenvalue weighted by Crippen LogP contribution is -2.48. The van der Waals surface area contributed by atoms with Gasteiger partial charge in [-0.2, -0.15) is 0 Å². The molecule has 0 saturated carbocycles.